The number of halogens is 1. The molecule has 8 nitrogen and oxygen atoms in total. The van der Waals surface area contributed by atoms with Crippen molar-refractivity contribution in [1.29, 1.82) is 0 Å². The van der Waals surface area contributed by atoms with Crippen LogP contribution in [0.4, 0.5) is 5.13 Å². The Hall–Kier alpha value is -2.50. The number of thiazole rings is 1. The normalized spacial score (nSPS) is 11.9. The molecule has 0 bridgehead atoms. The number of ether oxygens (including phenoxy) is 2. The van der Waals surface area contributed by atoms with Crippen molar-refractivity contribution >= 4 is 38.2 Å². The molecule has 3 rings (SSSR count). The van der Waals surface area contributed by atoms with E-state index in [1.165, 1.54) is 11.3 Å². The van der Waals surface area contributed by atoms with Crippen LogP contribution >= 0.6 is 27.3 Å². The summed E-state index contributed by atoms with van der Waals surface area (Å²) >= 11 is 4.61. The average molecular weight is 626 g/mol. The Morgan fingerprint density at radius 2 is 1.36 bits per heavy atom. The van der Waals surface area contributed by atoms with E-state index < -0.39 is 12.2 Å². The van der Waals surface area contributed by atoms with Crippen LogP contribution in [0.25, 0.3) is 11.3 Å². The Morgan fingerprint density at radius 3 is 1.69 bits per heavy atom. The number of nitrogens with zero attached hydrogens (tertiary/aromatic N) is 1. The van der Waals surface area contributed by atoms with E-state index in [2.05, 4.69) is 20.9 Å². The number of carbonyl (C=O) groups is 1. The number of anilines is 1. The van der Waals surface area contributed by atoms with Crippen LogP contribution in [0.3, 0.4) is 0 Å². The Balaban J connectivity index is 0.000000357. The lowest BCUT2D eigenvalue weighted by molar-refractivity contribution is 0.102. The molecule has 1 heterocycles. The molecule has 0 aliphatic carbocycles. The molecule has 2 unspecified atom stereocenters. The van der Waals surface area contributed by atoms with Crippen molar-refractivity contribution in [1.82, 2.24) is 4.98 Å². The highest BCUT2D eigenvalue weighted by Crippen LogP contribution is 2.32. The second-order valence-electron chi connectivity index (χ2n) is 9.13. The topological polar surface area (TPSA) is 135 Å². The zero-order valence-electron chi connectivity index (χ0n) is 23.7. The van der Waals surface area contributed by atoms with E-state index in [9.17, 15) is 9.90 Å². The number of aryl methyl sites for hydroxylation is 4. The second-order valence-corrected chi connectivity index (χ2v) is 10.6. The van der Waals surface area contributed by atoms with Gasteiger partial charge in [0, 0.05) is 23.1 Å². The molecule has 2 aromatic carbocycles. The van der Waals surface area contributed by atoms with Crippen molar-refractivity contribution in [3.8, 4) is 22.8 Å². The van der Waals surface area contributed by atoms with E-state index in [1.807, 2.05) is 57.3 Å². The minimum atomic E-state index is -0.500. The SMILES string of the molecule is CCO.Cc1cc(OCC(C)O)cc(C)c1-c1csc(N)n1.Cc1cc(OCC(C)O)cc(C)c1C(=O)CBr. The summed E-state index contributed by atoms with van der Waals surface area (Å²) in [4.78, 5) is 16.0. The molecule has 39 heavy (non-hydrogen) atoms. The molecule has 2 atom stereocenters. The first kappa shape index (κ1) is 34.5. The van der Waals surface area contributed by atoms with Gasteiger partial charge in [-0.25, -0.2) is 4.98 Å². The van der Waals surface area contributed by atoms with Gasteiger partial charge >= 0.3 is 0 Å². The smallest absolute Gasteiger partial charge is 0.180 e. The molecule has 0 fully saturated rings. The molecular weight excluding hydrogens is 584 g/mol. The van der Waals surface area contributed by atoms with Crippen molar-refractivity contribution in [2.75, 3.05) is 30.9 Å². The fraction of sp³-hybridized carbons (Fsp3) is 0.448. The van der Waals surface area contributed by atoms with E-state index in [0.717, 1.165) is 44.8 Å². The van der Waals surface area contributed by atoms with Gasteiger partial charge in [0.2, 0.25) is 0 Å². The molecule has 0 amide bonds. The predicted octanol–water partition coefficient (Wildman–Crippen LogP) is 5.41. The zero-order valence-corrected chi connectivity index (χ0v) is 26.1. The number of alkyl halides is 1. The summed E-state index contributed by atoms with van der Waals surface area (Å²) < 4.78 is 11.0. The van der Waals surface area contributed by atoms with Crippen LogP contribution in [-0.2, 0) is 0 Å². The molecule has 3 aromatic rings. The second kappa shape index (κ2) is 17.2. The Kier molecular flexibility index (Phi) is 15.3. The molecule has 1 aromatic heterocycles. The van der Waals surface area contributed by atoms with E-state index in [-0.39, 0.29) is 19.0 Å². The molecule has 10 heteroatoms. The van der Waals surface area contributed by atoms with Crippen molar-refractivity contribution in [3.63, 3.8) is 0 Å². The minimum absolute atomic E-state index is 0.0714. The number of Topliss-reactive ketones (excluding diaryl/α,β-unsaturated/α-hetero) is 1. The number of nitrogens with two attached hydrogens (primary N) is 1. The number of nitrogen functional groups attached to an aromatic ring is 1. The quantitative estimate of drug-likeness (QED) is 0.183. The molecule has 0 aliphatic rings. The van der Waals surface area contributed by atoms with Crippen molar-refractivity contribution < 1.29 is 29.6 Å². The van der Waals surface area contributed by atoms with Crippen LogP contribution in [0.15, 0.2) is 29.6 Å². The number of hydrogen-bond donors (Lipinski definition) is 4. The van der Waals surface area contributed by atoms with Crippen LogP contribution < -0.4 is 15.2 Å². The Morgan fingerprint density at radius 1 is 0.949 bits per heavy atom. The summed E-state index contributed by atoms with van der Waals surface area (Å²) in [6.07, 6.45) is -0.974. The van der Waals surface area contributed by atoms with Gasteiger partial charge in [0.05, 0.1) is 23.2 Å². The van der Waals surface area contributed by atoms with Crippen LogP contribution in [-0.4, -0.2) is 63.4 Å². The third-order valence-corrected chi connectivity index (χ3v) is 6.36. The number of hydrogen-bond acceptors (Lipinski definition) is 9. The largest absolute Gasteiger partial charge is 0.491 e. The van der Waals surface area contributed by atoms with Gasteiger partial charge in [-0.2, -0.15) is 0 Å². The molecule has 0 saturated carbocycles. The third kappa shape index (κ3) is 11.6. The first-order valence-corrected chi connectivity index (χ1v) is 14.6. The number of benzene rings is 2. The highest BCUT2D eigenvalue weighted by atomic mass is 79.9. The molecular formula is C29H41BrN2O6S. The van der Waals surface area contributed by atoms with Crippen LogP contribution in [0.1, 0.15) is 53.4 Å². The molecule has 0 radical (unpaired) electrons. The van der Waals surface area contributed by atoms with Crippen molar-refractivity contribution in [2.45, 2.75) is 60.7 Å². The standard InChI is InChI=1S/C14H18N2O2S.C13H17BrO3.C2H6O/c1-8-4-11(18-6-10(3)17)5-9(2)13(8)12-7-19-14(15)16-12;1-8-4-11(17-7-10(3)15)5-9(2)13(8)12(16)6-14;1-2-3/h4-5,7,10,17H,6H2,1-3H3,(H2,15,16);4-5,10,15H,6-7H2,1-3H3;3H,2H2,1H3. The van der Waals surface area contributed by atoms with Gasteiger partial charge in [0.15, 0.2) is 10.9 Å². The molecule has 0 saturated heterocycles. The third-order valence-electron chi connectivity index (χ3n) is 5.17. The fourth-order valence-electron chi connectivity index (χ4n) is 3.76. The summed E-state index contributed by atoms with van der Waals surface area (Å²) in [6.45, 7) is 13.7. The lowest BCUT2D eigenvalue weighted by atomic mass is 9.99. The highest BCUT2D eigenvalue weighted by molar-refractivity contribution is 9.09. The van der Waals surface area contributed by atoms with Gasteiger partial charge in [-0.3, -0.25) is 4.79 Å². The van der Waals surface area contributed by atoms with E-state index in [1.54, 1.807) is 20.8 Å². The molecule has 5 N–H and O–H groups in total. The summed E-state index contributed by atoms with van der Waals surface area (Å²) in [7, 11) is 0. The summed E-state index contributed by atoms with van der Waals surface area (Å²) in [5, 5.41) is 28.8. The first-order valence-electron chi connectivity index (χ1n) is 12.6. The van der Waals surface area contributed by atoms with E-state index in [4.69, 9.17) is 25.4 Å². The average Bonchev–Trinajstić information content (AvgIpc) is 3.27. The summed E-state index contributed by atoms with van der Waals surface area (Å²) in [6, 6.07) is 7.57. The van der Waals surface area contributed by atoms with Crippen LogP contribution in [0.5, 0.6) is 11.5 Å². The predicted molar refractivity (Wildman–Crippen MR) is 163 cm³/mol. The summed E-state index contributed by atoms with van der Waals surface area (Å²) in [5.74, 6) is 1.52. The maximum absolute atomic E-state index is 11.7. The fourth-order valence-corrected chi connectivity index (χ4v) is 4.60. The van der Waals surface area contributed by atoms with E-state index >= 15 is 0 Å². The zero-order chi connectivity index (χ0) is 29.7. The minimum Gasteiger partial charge on any atom is -0.491 e. The van der Waals surface area contributed by atoms with Gasteiger partial charge in [0.25, 0.3) is 0 Å². The van der Waals surface area contributed by atoms with Crippen molar-refractivity contribution in [2.24, 2.45) is 0 Å². The molecule has 0 spiro atoms. The van der Waals surface area contributed by atoms with Crippen LogP contribution in [0.2, 0.25) is 0 Å². The lowest BCUT2D eigenvalue weighted by Gasteiger charge is -2.13. The van der Waals surface area contributed by atoms with Gasteiger partial charge < -0.3 is 30.5 Å². The number of aliphatic hydroxyl groups is 3. The van der Waals surface area contributed by atoms with Crippen molar-refractivity contribution in [3.05, 3.63) is 57.5 Å². The van der Waals surface area contributed by atoms with Gasteiger partial charge in [-0.05, 0) is 95.0 Å². The number of aliphatic hydroxyl groups excluding tert-OH is 3. The lowest BCUT2D eigenvalue weighted by Crippen LogP contribution is -2.13. The first-order chi connectivity index (χ1) is 18.3. The van der Waals surface area contributed by atoms with E-state index in [0.29, 0.717) is 22.8 Å². The van der Waals surface area contributed by atoms with Gasteiger partial charge in [-0.1, -0.05) is 15.9 Å². The number of carbonyl (C=O) groups excluding carboxylic acids is 1. The number of ketones is 1. The number of rotatable bonds is 9. The Labute approximate surface area is 244 Å². The number of aromatic nitrogens is 1. The maximum Gasteiger partial charge on any atom is 0.180 e. The monoisotopic (exact) mass is 624 g/mol. The van der Waals surface area contributed by atoms with Gasteiger partial charge in [-0.15, -0.1) is 11.3 Å². The maximum atomic E-state index is 11.7. The highest BCUT2D eigenvalue weighted by Gasteiger charge is 2.13. The molecule has 0 aliphatic heterocycles. The van der Waals surface area contributed by atoms with Crippen LogP contribution in [0, 0.1) is 27.7 Å². The Bertz CT molecular complexity index is 1150. The van der Waals surface area contributed by atoms with Gasteiger partial charge in [0.1, 0.15) is 24.7 Å². The summed E-state index contributed by atoms with van der Waals surface area (Å²) in [5.41, 5.74) is 12.4. The molecule has 216 valence electrons.